The Kier molecular flexibility index (Phi) is 7.84. The molecule has 0 fully saturated rings. The van der Waals surface area contributed by atoms with Crippen LogP contribution in [0.25, 0.3) is 0 Å². The van der Waals surface area contributed by atoms with Gasteiger partial charge in [-0.3, -0.25) is 0 Å². The van der Waals surface area contributed by atoms with Crippen molar-refractivity contribution >= 4 is 4.82 Å². The van der Waals surface area contributed by atoms with Gasteiger partial charge in [0.1, 0.15) is 0 Å². The van der Waals surface area contributed by atoms with Crippen molar-refractivity contribution in [3.8, 4) is 0 Å². The maximum atomic E-state index is 4.70. The molecule has 0 aromatic heterocycles. The van der Waals surface area contributed by atoms with E-state index in [9.17, 15) is 0 Å². The molecule has 2 aliphatic carbocycles. The average Bonchev–Trinajstić information content (AvgIpc) is 2.95. The second-order valence-electron chi connectivity index (χ2n) is 7.98. The van der Waals surface area contributed by atoms with Gasteiger partial charge in [-0.05, 0) is 0 Å². The molecule has 0 N–H and O–H groups in total. The summed E-state index contributed by atoms with van der Waals surface area (Å²) < 4.78 is 3.39. The fraction of sp³-hybridized carbons (Fsp3) is 0.526. The van der Waals surface area contributed by atoms with Crippen LogP contribution in [0.3, 0.4) is 0 Å². The largest absolute Gasteiger partial charge is 1.00 e. The maximum Gasteiger partial charge on any atom is -1.00 e. The molecular formula is C19H28Cl2Ti. The van der Waals surface area contributed by atoms with Crippen molar-refractivity contribution in [2.45, 2.75) is 54.4 Å². The van der Waals surface area contributed by atoms with Gasteiger partial charge in [0, 0.05) is 0 Å². The van der Waals surface area contributed by atoms with Crippen molar-refractivity contribution in [1.29, 1.82) is 0 Å². The number of hydrogen-bond donors (Lipinski definition) is 0. The third-order valence-electron chi connectivity index (χ3n) is 4.21. The summed E-state index contributed by atoms with van der Waals surface area (Å²) >= 11 is -1.55. The van der Waals surface area contributed by atoms with Gasteiger partial charge in [-0.15, -0.1) is 0 Å². The maximum absolute atomic E-state index is 4.70. The van der Waals surface area contributed by atoms with Crippen LogP contribution in [0.5, 0.6) is 0 Å². The van der Waals surface area contributed by atoms with E-state index in [-0.39, 0.29) is 35.6 Å². The minimum absolute atomic E-state index is 0. The molecule has 0 aromatic carbocycles. The molecule has 0 bridgehead atoms. The van der Waals surface area contributed by atoms with Crippen molar-refractivity contribution in [2.24, 2.45) is 10.8 Å². The van der Waals surface area contributed by atoms with Crippen LogP contribution >= 0.6 is 0 Å². The van der Waals surface area contributed by atoms with Gasteiger partial charge in [-0.25, -0.2) is 0 Å². The number of halogens is 2. The standard InChI is InChI=1S/2C9H13.CH2.2ClH.Ti/c2*1-9(2,3)8-6-4-5-7-8;;;;/h2*4,6H,5H2,1-3H3;1H2;2*1H;/q;;;;;+2/p-2. The fourth-order valence-electron chi connectivity index (χ4n) is 3.17. The average molecular weight is 375 g/mol. The number of allylic oxidation sites excluding steroid dienone is 8. The van der Waals surface area contributed by atoms with E-state index in [1.807, 2.05) is 0 Å². The Labute approximate surface area is 155 Å². The first kappa shape index (κ1) is 22.1. The minimum Gasteiger partial charge on any atom is -1.00 e. The van der Waals surface area contributed by atoms with Crippen LogP contribution in [0, 0.1) is 10.8 Å². The van der Waals surface area contributed by atoms with E-state index in [1.165, 1.54) is 0 Å². The molecular weight excluding hydrogens is 347 g/mol. The van der Waals surface area contributed by atoms with Crippen molar-refractivity contribution in [2.75, 3.05) is 0 Å². The number of rotatable bonds is 2. The van der Waals surface area contributed by atoms with Crippen molar-refractivity contribution in [3.63, 3.8) is 0 Å². The predicted octanol–water partition coefficient (Wildman–Crippen LogP) is -0.435. The molecule has 2 rings (SSSR count). The zero-order chi connectivity index (χ0) is 15.1. The normalized spacial score (nSPS) is 17.3. The van der Waals surface area contributed by atoms with Crippen LogP contribution < -0.4 is 24.8 Å². The van der Waals surface area contributed by atoms with Gasteiger partial charge in [0.15, 0.2) is 0 Å². The van der Waals surface area contributed by atoms with E-state index in [0.29, 0.717) is 0 Å². The molecule has 122 valence electrons. The summed E-state index contributed by atoms with van der Waals surface area (Å²) in [5.41, 5.74) is 3.64. The molecule has 0 saturated heterocycles. The first-order valence-corrected chi connectivity index (χ1v) is 10.3. The molecule has 0 aliphatic heterocycles. The van der Waals surface area contributed by atoms with Gasteiger partial charge < -0.3 is 24.8 Å². The molecule has 2 aliphatic rings. The van der Waals surface area contributed by atoms with Gasteiger partial charge in [0.05, 0.1) is 0 Å². The van der Waals surface area contributed by atoms with E-state index >= 15 is 0 Å². The minimum atomic E-state index is -1.55. The van der Waals surface area contributed by atoms with Gasteiger partial charge >= 0.3 is 131 Å². The predicted molar refractivity (Wildman–Crippen MR) is 87.6 cm³/mol. The molecule has 3 heteroatoms. The molecule has 0 spiro atoms. The Bertz CT molecular complexity index is 511. The second kappa shape index (κ2) is 7.80. The van der Waals surface area contributed by atoms with Crippen molar-refractivity contribution < 1.29 is 42.2 Å². The van der Waals surface area contributed by atoms with E-state index in [1.54, 1.807) is 18.9 Å². The molecule has 0 saturated carbocycles. The summed E-state index contributed by atoms with van der Waals surface area (Å²) in [6.45, 7) is 14.0. The molecule has 22 heavy (non-hydrogen) atoms. The van der Waals surface area contributed by atoms with Gasteiger partial charge in [0.25, 0.3) is 0 Å². The quantitative estimate of drug-likeness (QED) is 0.575. The summed E-state index contributed by atoms with van der Waals surface area (Å²) in [4.78, 5) is 4.70. The van der Waals surface area contributed by atoms with E-state index in [0.717, 1.165) is 12.8 Å². The van der Waals surface area contributed by atoms with Crippen LogP contribution in [0.1, 0.15) is 54.4 Å². The fourth-order valence-corrected chi connectivity index (χ4v) is 7.32. The Balaban J connectivity index is 0.00000220. The Morgan fingerprint density at radius 1 is 0.773 bits per heavy atom. The molecule has 0 atom stereocenters. The SMILES string of the molecule is [CH2]=[Ti+2]([C]1=C(C(C)(C)C)C=CC1)[C]1=C(C(C)(C)C)C=CC1.[Cl-].[Cl-]. The third kappa shape index (κ3) is 4.57. The summed E-state index contributed by atoms with van der Waals surface area (Å²) in [5.74, 6) is 0. The van der Waals surface area contributed by atoms with Gasteiger partial charge in [-0.1, -0.05) is 0 Å². The zero-order valence-corrected chi connectivity index (χ0v) is 17.8. The Hall–Kier alpha value is 0.124. The topological polar surface area (TPSA) is 0 Å². The zero-order valence-electron chi connectivity index (χ0n) is 14.7. The molecule has 0 nitrogen and oxygen atoms in total. The Morgan fingerprint density at radius 2 is 1.09 bits per heavy atom. The van der Waals surface area contributed by atoms with Gasteiger partial charge in [0.2, 0.25) is 0 Å². The molecule has 0 amide bonds. The first-order chi connectivity index (χ1) is 9.12. The van der Waals surface area contributed by atoms with E-state index < -0.39 is 17.4 Å². The van der Waals surface area contributed by atoms with Crippen LogP contribution in [0.2, 0.25) is 0 Å². The van der Waals surface area contributed by atoms with Crippen LogP contribution in [0.15, 0.2) is 43.2 Å². The van der Waals surface area contributed by atoms with Crippen molar-refractivity contribution in [1.82, 2.24) is 0 Å². The second-order valence-corrected chi connectivity index (χ2v) is 11.4. The van der Waals surface area contributed by atoms with E-state index in [4.69, 9.17) is 4.82 Å². The van der Waals surface area contributed by atoms with Crippen LogP contribution in [0.4, 0.5) is 0 Å². The van der Waals surface area contributed by atoms with Crippen molar-refractivity contribution in [3.05, 3.63) is 43.2 Å². The third-order valence-corrected chi connectivity index (χ3v) is 7.96. The smallest absolute Gasteiger partial charge is 1.00 e. The molecule has 0 radical (unpaired) electrons. The van der Waals surface area contributed by atoms with Crippen LogP contribution in [-0.2, 0) is 17.4 Å². The summed E-state index contributed by atoms with van der Waals surface area (Å²) in [7, 11) is 0. The molecule has 0 unspecified atom stereocenters. The van der Waals surface area contributed by atoms with Gasteiger partial charge in [-0.2, -0.15) is 0 Å². The summed E-state index contributed by atoms with van der Waals surface area (Å²) in [6, 6.07) is 0. The molecule has 0 aromatic rings. The molecule has 0 heterocycles. The Morgan fingerprint density at radius 3 is 1.36 bits per heavy atom. The van der Waals surface area contributed by atoms with Crippen LogP contribution in [-0.4, -0.2) is 4.82 Å². The van der Waals surface area contributed by atoms with E-state index in [2.05, 4.69) is 65.8 Å². The number of hydrogen-bond acceptors (Lipinski definition) is 0. The first-order valence-electron chi connectivity index (χ1n) is 7.62. The summed E-state index contributed by atoms with van der Waals surface area (Å²) in [5, 5.41) is 0. The summed E-state index contributed by atoms with van der Waals surface area (Å²) in [6.07, 6.45) is 11.7. The monoisotopic (exact) mass is 374 g/mol.